The van der Waals surface area contributed by atoms with Gasteiger partial charge in [-0.1, -0.05) is 50.1 Å². The van der Waals surface area contributed by atoms with Crippen molar-refractivity contribution in [2.24, 2.45) is 0 Å². The first-order valence-corrected chi connectivity index (χ1v) is 6.18. The molecule has 0 aliphatic carbocycles. The molecule has 0 aromatic heterocycles. The van der Waals surface area contributed by atoms with E-state index in [0.717, 1.165) is 21.8 Å². The Kier molecular flexibility index (Phi) is 4.13. The van der Waals surface area contributed by atoms with Crippen molar-refractivity contribution in [3.63, 3.8) is 0 Å². The zero-order chi connectivity index (χ0) is 9.84. The summed E-state index contributed by atoms with van der Waals surface area (Å²) in [6.45, 7) is 1.60. The van der Waals surface area contributed by atoms with Crippen molar-refractivity contribution in [2.75, 3.05) is 0 Å². The van der Waals surface area contributed by atoms with Gasteiger partial charge in [0.15, 0.2) is 5.78 Å². The smallest absolute Gasteiger partial charge is 0.160 e. The van der Waals surface area contributed by atoms with E-state index in [0.29, 0.717) is 0 Å². The molecule has 1 aromatic rings. The van der Waals surface area contributed by atoms with Crippen molar-refractivity contribution in [1.29, 1.82) is 0 Å². The Morgan fingerprint density at radius 3 is 2.46 bits per heavy atom. The number of rotatable bonds is 3. The molecule has 0 atom stereocenters. The van der Waals surface area contributed by atoms with E-state index in [9.17, 15) is 4.79 Å². The summed E-state index contributed by atoms with van der Waals surface area (Å²) in [7, 11) is 0. The van der Waals surface area contributed by atoms with Gasteiger partial charge in [-0.15, -0.1) is 0 Å². The monoisotopic (exact) mass is 304 g/mol. The number of hydrogen-bond acceptors (Lipinski definition) is 1. The predicted octanol–water partition coefficient (Wildman–Crippen LogP) is 3.68. The molecule has 0 saturated heterocycles. The quantitative estimate of drug-likeness (QED) is 0.615. The van der Waals surface area contributed by atoms with E-state index >= 15 is 0 Å². The molecule has 0 fully saturated rings. The highest BCUT2D eigenvalue weighted by molar-refractivity contribution is 9.09. The van der Waals surface area contributed by atoms with Gasteiger partial charge in [0.1, 0.15) is 0 Å². The fraction of sp³-hybridized carbons (Fsp3) is 0.300. The second-order valence-electron chi connectivity index (χ2n) is 2.77. The van der Waals surface area contributed by atoms with Gasteiger partial charge in [0.05, 0.1) is 0 Å². The molecule has 0 unspecified atom stereocenters. The normalized spacial score (nSPS) is 10.1. The first kappa shape index (κ1) is 10.9. The molecule has 1 rings (SSSR count). The van der Waals surface area contributed by atoms with E-state index in [2.05, 4.69) is 31.9 Å². The van der Waals surface area contributed by atoms with Crippen molar-refractivity contribution in [1.82, 2.24) is 0 Å². The fourth-order valence-electron chi connectivity index (χ4n) is 1.25. The summed E-state index contributed by atoms with van der Waals surface area (Å²) in [5.41, 5.74) is 3.07. The van der Waals surface area contributed by atoms with Crippen LogP contribution in [0.15, 0.2) is 18.2 Å². The Hall–Kier alpha value is -0.150. The minimum Gasteiger partial charge on any atom is -0.295 e. The second kappa shape index (κ2) is 4.91. The van der Waals surface area contributed by atoms with E-state index in [1.807, 2.05) is 18.2 Å². The lowest BCUT2D eigenvalue weighted by Gasteiger charge is -2.08. The average molecular weight is 306 g/mol. The van der Waals surface area contributed by atoms with Gasteiger partial charge in [0.2, 0.25) is 0 Å². The van der Waals surface area contributed by atoms with Crippen LogP contribution in [0.2, 0.25) is 0 Å². The van der Waals surface area contributed by atoms with Gasteiger partial charge in [0, 0.05) is 16.2 Å². The number of alkyl halides is 2. The highest BCUT2D eigenvalue weighted by atomic mass is 79.9. The van der Waals surface area contributed by atoms with E-state index in [4.69, 9.17) is 0 Å². The molecule has 13 heavy (non-hydrogen) atoms. The Bertz CT molecular complexity index is 321. The Labute approximate surface area is 94.8 Å². The highest BCUT2D eigenvalue weighted by Gasteiger charge is 2.09. The molecule has 3 heteroatoms. The van der Waals surface area contributed by atoms with Crippen LogP contribution in [0.4, 0.5) is 0 Å². The Morgan fingerprint density at radius 2 is 2.00 bits per heavy atom. The van der Waals surface area contributed by atoms with Crippen LogP contribution < -0.4 is 0 Å². The maximum atomic E-state index is 11.3. The van der Waals surface area contributed by atoms with Crippen molar-refractivity contribution in [2.45, 2.75) is 17.6 Å². The highest BCUT2D eigenvalue weighted by Crippen LogP contribution is 2.20. The molecule has 0 amide bonds. The molecule has 0 N–H and O–H groups in total. The van der Waals surface area contributed by atoms with Crippen molar-refractivity contribution in [3.8, 4) is 0 Å². The third-order valence-electron chi connectivity index (χ3n) is 1.93. The summed E-state index contributed by atoms with van der Waals surface area (Å²) in [4.78, 5) is 11.3. The van der Waals surface area contributed by atoms with E-state index in [-0.39, 0.29) is 5.78 Å². The van der Waals surface area contributed by atoms with Gasteiger partial charge in [-0.05, 0) is 18.1 Å². The lowest BCUT2D eigenvalue weighted by atomic mass is 10.0. The van der Waals surface area contributed by atoms with Crippen molar-refractivity contribution >= 4 is 37.6 Å². The van der Waals surface area contributed by atoms with Crippen LogP contribution in [0.3, 0.4) is 0 Å². The summed E-state index contributed by atoms with van der Waals surface area (Å²) in [6.07, 6.45) is 0. The van der Waals surface area contributed by atoms with Crippen molar-refractivity contribution < 1.29 is 4.79 Å². The molecule has 0 radical (unpaired) electrons. The summed E-state index contributed by atoms with van der Waals surface area (Å²) in [5, 5.41) is 1.51. The molecule has 0 spiro atoms. The van der Waals surface area contributed by atoms with Gasteiger partial charge in [-0.3, -0.25) is 4.79 Å². The van der Waals surface area contributed by atoms with E-state index in [1.54, 1.807) is 6.92 Å². The first-order chi connectivity index (χ1) is 6.20. The summed E-state index contributed by atoms with van der Waals surface area (Å²) < 4.78 is 0. The van der Waals surface area contributed by atoms with Crippen LogP contribution in [-0.4, -0.2) is 5.78 Å². The van der Waals surface area contributed by atoms with Gasteiger partial charge < -0.3 is 0 Å². The standard InChI is InChI=1S/C10H10Br2O/c1-7(13)9-4-2-3-8(5-11)10(9)6-12/h2-4H,5-6H2,1H3. The summed E-state index contributed by atoms with van der Waals surface area (Å²) >= 11 is 6.80. The first-order valence-electron chi connectivity index (χ1n) is 3.94. The molecule has 1 nitrogen and oxygen atoms in total. The van der Waals surface area contributed by atoms with Crippen LogP contribution in [0, 0.1) is 0 Å². The van der Waals surface area contributed by atoms with E-state index in [1.165, 1.54) is 5.56 Å². The molecule has 0 bridgehead atoms. The lowest BCUT2D eigenvalue weighted by molar-refractivity contribution is 0.101. The second-order valence-corrected chi connectivity index (χ2v) is 3.89. The third kappa shape index (κ3) is 2.41. The minimum absolute atomic E-state index is 0.122. The van der Waals surface area contributed by atoms with Gasteiger partial charge in [0.25, 0.3) is 0 Å². The molecular formula is C10H10Br2O. The van der Waals surface area contributed by atoms with Crippen LogP contribution in [-0.2, 0) is 10.7 Å². The summed E-state index contributed by atoms with van der Waals surface area (Å²) in [5.74, 6) is 0.122. The molecule has 70 valence electrons. The Balaban J connectivity index is 3.27. The number of carbonyl (C=O) groups is 1. The zero-order valence-electron chi connectivity index (χ0n) is 7.31. The van der Waals surface area contributed by atoms with Crippen molar-refractivity contribution in [3.05, 3.63) is 34.9 Å². The molecule has 1 aromatic carbocycles. The number of Topliss-reactive ketones (excluding diaryl/α,β-unsaturated/α-hetero) is 1. The number of benzene rings is 1. The SMILES string of the molecule is CC(=O)c1cccc(CBr)c1CBr. The molecule has 0 heterocycles. The van der Waals surface area contributed by atoms with Crippen LogP contribution in [0.1, 0.15) is 28.4 Å². The largest absolute Gasteiger partial charge is 0.295 e. The predicted molar refractivity (Wildman–Crippen MR) is 61.7 cm³/mol. The lowest BCUT2D eigenvalue weighted by Crippen LogP contribution is -2.00. The fourth-order valence-corrected chi connectivity index (χ4v) is 2.44. The van der Waals surface area contributed by atoms with Crippen LogP contribution in [0.5, 0.6) is 0 Å². The molecule has 0 aliphatic rings. The van der Waals surface area contributed by atoms with Crippen LogP contribution in [0.25, 0.3) is 0 Å². The molecule has 0 aliphatic heterocycles. The minimum atomic E-state index is 0.122. The zero-order valence-corrected chi connectivity index (χ0v) is 10.5. The maximum Gasteiger partial charge on any atom is 0.160 e. The van der Waals surface area contributed by atoms with Crippen LogP contribution >= 0.6 is 31.9 Å². The number of carbonyl (C=O) groups excluding carboxylic acids is 1. The Morgan fingerprint density at radius 1 is 1.31 bits per heavy atom. The van der Waals surface area contributed by atoms with Gasteiger partial charge >= 0.3 is 0 Å². The third-order valence-corrected chi connectivity index (χ3v) is 3.09. The summed E-state index contributed by atoms with van der Waals surface area (Å²) in [6, 6.07) is 5.81. The number of hydrogen-bond donors (Lipinski definition) is 0. The van der Waals surface area contributed by atoms with Gasteiger partial charge in [-0.25, -0.2) is 0 Å². The van der Waals surface area contributed by atoms with E-state index < -0.39 is 0 Å². The number of halogens is 2. The average Bonchev–Trinajstić information content (AvgIpc) is 2.16. The molecular weight excluding hydrogens is 296 g/mol. The maximum absolute atomic E-state index is 11.3. The molecule has 0 saturated carbocycles. The van der Waals surface area contributed by atoms with Gasteiger partial charge in [-0.2, -0.15) is 0 Å². The topological polar surface area (TPSA) is 17.1 Å². The number of ketones is 1.